The summed E-state index contributed by atoms with van der Waals surface area (Å²) in [5.74, 6) is -0.869. The van der Waals surface area contributed by atoms with Gasteiger partial charge >= 0.3 is 18.3 Å². The fraction of sp³-hybridized carbons (Fsp3) is 0.429. The van der Waals surface area contributed by atoms with Gasteiger partial charge in [0.15, 0.2) is 0 Å². The Balaban J connectivity index is 1.78. The van der Waals surface area contributed by atoms with Gasteiger partial charge in [-0.1, -0.05) is 0 Å². The van der Waals surface area contributed by atoms with Crippen LogP contribution in [-0.2, 0) is 4.74 Å². The third-order valence-corrected chi connectivity index (χ3v) is 4.07. The van der Waals surface area contributed by atoms with Crippen molar-refractivity contribution in [3.63, 3.8) is 0 Å². The van der Waals surface area contributed by atoms with Gasteiger partial charge in [0.25, 0.3) is 0 Å². The molecule has 0 saturated heterocycles. The SMILES string of the molecule is CC(C)(C)OC(=O)c1cc(Oc2ccc(OC(F)(F)C(F)(F)F)cc2)nc(C2CC2)c1. The minimum Gasteiger partial charge on any atom is -0.456 e. The Bertz CT molecular complexity index is 948. The van der Waals surface area contributed by atoms with Crippen LogP contribution in [0.1, 0.15) is 55.6 Å². The van der Waals surface area contributed by atoms with E-state index in [1.54, 1.807) is 26.8 Å². The highest BCUT2D eigenvalue weighted by Gasteiger charge is 2.61. The average molecular weight is 445 g/mol. The molecule has 1 aromatic heterocycles. The van der Waals surface area contributed by atoms with Gasteiger partial charge in [0.1, 0.15) is 17.1 Å². The molecule has 0 amide bonds. The fourth-order valence-corrected chi connectivity index (χ4v) is 2.52. The largest absolute Gasteiger partial charge is 0.499 e. The van der Waals surface area contributed by atoms with Crippen molar-refractivity contribution in [3.8, 4) is 17.4 Å². The third-order valence-electron chi connectivity index (χ3n) is 4.07. The van der Waals surface area contributed by atoms with Crippen LogP contribution in [0, 0.1) is 0 Å². The maximum atomic E-state index is 13.0. The van der Waals surface area contributed by atoms with Crippen molar-refractivity contribution in [1.82, 2.24) is 4.98 Å². The zero-order valence-corrected chi connectivity index (χ0v) is 16.9. The van der Waals surface area contributed by atoms with Gasteiger partial charge in [0, 0.05) is 17.7 Å². The van der Waals surface area contributed by atoms with E-state index in [0.717, 1.165) is 37.1 Å². The molecule has 31 heavy (non-hydrogen) atoms. The number of benzene rings is 1. The van der Waals surface area contributed by atoms with Gasteiger partial charge in [-0.05, 0) is 63.9 Å². The van der Waals surface area contributed by atoms with E-state index in [1.807, 2.05) is 0 Å². The molecule has 10 heteroatoms. The Hall–Kier alpha value is -2.91. The van der Waals surface area contributed by atoms with Crippen molar-refractivity contribution in [2.45, 2.75) is 57.4 Å². The van der Waals surface area contributed by atoms with E-state index in [4.69, 9.17) is 9.47 Å². The van der Waals surface area contributed by atoms with Crippen molar-refractivity contribution in [3.05, 3.63) is 47.7 Å². The quantitative estimate of drug-likeness (QED) is 0.389. The van der Waals surface area contributed by atoms with Crippen LogP contribution in [0.25, 0.3) is 0 Å². The minimum absolute atomic E-state index is 0.0690. The zero-order chi connectivity index (χ0) is 23.0. The second-order valence-electron chi connectivity index (χ2n) is 8.09. The Kier molecular flexibility index (Phi) is 5.86. The number of esters is 1. The van der Waals surface area contributed by atoms with E-state index >= 15 is 0 Å². The monoisotopic (exact) mass is 445 g/mol. The number of nitrogens with zero attached hydrogens (tertiary/aromatic N) is 1. The highest BCUT2D eigenvalue weighted by atomic mass is 19.4. The normalized spacial score (nSPS) is 14.8. The number of carbonyl (C=O) groups excluding carboxylic acids is 1. The minimum atomic E-state index is -5.84. The topological polar surface area (TPSA) is 57.7 Å². The summed E-state index contributed by atoms with van der Waals surface area (Å²) in [4.78, 5) is 16.8. The molecule has 5 nitrogen and oxygen atoms in total. The van der Waals surface area contributed by atoms with E-state index < -0.39 is 29.6 Å². The third kappa shape index (κ3) is 6.05. The maximum Gasteiger partial charge on any atom is 0.499 e. The Morgan fingerprint density at radius 1 is 0.968 bits per heavy atom. The first-order valence-corrected chi connectivity index (χ1v) is 9.40. The lowest BCUT2D eigenvalue weighted by Crippen LogP contribution is -2.41. The summed E-state index contributed by atoms with van der Waals surface area (Å²) >= 11 is 0. The van der Waals surface area contributed by atoms with Crippen molar-refractivity contribution in [2.75, 3.05) is 0 Å². The van der Waals surface area contributed by atoms with Crippen LogP contribution in [-0.4, -0.2) is 28.8 Å². The standard InChI is InChI=1S/C21H20F5NO4/c1-19(2,3)31-18(28)13-10-16(12-4-5-12)27-17(11-13)29-14-6-8-15(9-7-14)30-21(25,26)20(22,23)24/h6-12H,4-5H2,1-3H3. The highest BCUT2D eigenvalue weighted by molar-refractivity contribution is 5.90. The first kappa shape index (κ1) is 22.8. The second kappa shape index (κ2) is 7.97. The predicted octanol–water partition coefficient (Wildman–Crippen LogP) is 6.24. The lowest BCUT2D eigenvalue weighted by atomic mass is 10.1. The molecule has 1 aromatic carbocycles. The molecule has 3 rings (SSSR count). The summed E-state index contributed by atoms with van der Waals surface area (Å²) in [6.07, 6.45) is -9.32. The van der Waals surface area contributed by atoms with Crippen LogP contribution in [0.3, 0.4) is 0 Å². The van der Waals surface area contributed by atoms with Crippen LogP contribution < -0.4 is 9.47 Å². The summed E-state index contributed by atoms with van der Waals surface area (Å²) in [6, 6.07) is 7.14. The summed E-state index contributed by atoms with van der Waals surface area (Å²) in [5, 5.41) is 0. The molecule has 0 radical (unpaired) electrons. The molecule has 2 aromatic rings. The smallest absolute Gasteiger partial charge is 0.456 e. The van der Waals surface area contributed by atoms with Gasteiger partial charge in [-0.15, -0.1) is 0 Å². The summed E-state index contributed by atoms with van der Waals surface area (Å²) < 4.78 is 77.4. The first-order valence-electron chi connectivity index (χ1n) is 9.40. The molecule has 0 aliphatic heterocycles. The number of carbonyl (C=O) groups is 1. The molecule has 1 aliphatic carbocycles. The molecular weight excluding hydrogens is 425 g/mol. The van der Waals surface area contributed by atoms with Crippen molar-refractivity contribution < 1.29 is 41.0 Å². The highest BCUT2D eigenvalue weighted by Crippen LogP contribution is 2.41. The van der Waals surface area contributed by atoms with Gasteiger partial charge in [-0.3, -0.25) is 0 Å². The molecule has 0 atom stereocenters. The number of aromatic nitrogens is 1. The fourth-order valence-electron chi connectivity index (χ4n) is 2.52. The molecule has 1 aliphatic rings. The summed E-state index contributed by atoms with van der Waals surface area (Å²) in [5.41, 5.74) is 0.199. The molecule has 0 bridgehead atoms. The molecule has 1 heterocycles. The summed E-state index contributed by atoms with van der Waals surface area (Å²) in [7, 11) is 0. The van der Waals surface area contributed by atoms with Crippen molar-refractivity contribution >= 4 is 5.97 Å². The van der Waals surface area contributed by atoms with E-state index in [0.29, 0.717) is 5.69 Å². The maximum absolute atomic E-state index is 13.0. The Labute approximate surface area is 175 Å². The van der Waals surface area contributed by atoms with Gasteiger partial charge in [0.05, 0.1) is 5.56 Å². The molecule has 1 fully saturated rings. The molecular formula is C21H20F5NO4. The summed E-state index contributed by atoms with van der Waals surface area (Å²) in [6.45, 7) is 5.20. The van der Waals surface area contributed by atoms with E-state index in [1.165, 1.54) is 6.07 Å². The van der Waals surface area contributed by atoms with Gasteiger partial charge in [-0.25, -0.2) is 9.78 Å². The average Bonchev–Trinajstić information content (AvgIpc) is 3.46. The van der Waals surface area contributed by atoms with Crippen molar-refractivity contribution in [2.24, 2.45) is 0 Å². The molecule has 168 valence electrons. The van der Waals surface area contributed by atoms with Crippen LogP contribution in [0.15, 0.2) is 36.4 Å². The van der Waals surface area contributed by atoms with Gasteiger partial charge in [0.2, 0.25) is 5.88 Å². The molecule has 0 spiro atoms. The molecule has 1 saturated carbocycles. The Morgan fingerprint density at radius 3 is 2.06 bits per heavy atom. The number of ether oxygens (including phenoxy) is 3. The van der Waals surface area contributed by atoms with Gasteiger partial charge < -0.3 is 14.2 Å². The first-order chi connectivity index (χ1) is 14.2. The van der Waals surface area contributed by atoms with Crippen LogP contribution in [0.2, 0.25) is 0 Å². The number of alkyl halides is 5. The van der Waals surface area contributed by atoms with Crippen LogP contribution in [0.5, 0.6) is 17.4 Å². The van der Waals surface area contributed by atoms with Crippen LogP contribution in [0.4, 0.5) is 22.0 Å². The van der Waals surface area contributed by atoms with Gasteiger partial charge in [-0.2, -0.15) is 22.0 Å². The number of rotatable bonds is 6. The predicted molar refractivity (Wildman–Crippen MR) is 99.5 cm³/mol. The number of hydrogen-bond acceptors (Lipinski definition) is 5. The van der Waals surface area contributed by atoms with E-state index in [9.17, 15) is 26.7 Å². The van der Waals surface area contributed by atoms with Crippen LogP contribution >= 0.6 is 0 Å². The lowest BCUT2D eigenvalue weighted by Gasteiger charge is -2.20. The van der Waals surface area contributed by atoms with E-state index in [2.05, 4.69) is 9.72 Å². The lowest BCUT2D eigenvalue weighted by molar-refractivity contribution is -0.360. The number of hydrogen-bond donors (Lipinski definition) is 0. The zero-order valence-electron chi connectivity index (χ0n) is 16.9. The number of pyridine rings is 1. The molecule has 0 unspecified atom stereocenters. The molecule has 0 N–H and O–H groups in total. The number of halogens is 5. The Morgan fingerprint density at radius 2 is 1.55 bits per heavy atom. The second-order valence-corrected chi connectivity index (χ2v) is 8.09. The van der Waals surface area contributed by atoms with Crippen molar-refractivity contribution in [1.29, 1.82) is 0 Å². The van der Waals surface area contributed by atoms with E-state index in [-0.39, 0.29) is 23.1 Å².